The summed E-state index contributed by atoms with van der Waals surface area (Å²) in [5.41, 5.74) is 1.17. The van der Waals surface area contributed by atoms with Gasteiger partial charge in [-0.1, -0.05) is 25.1 Å². The Balaban J connectivity index is 2.37. The molecule has 0 radical (unpaired) electrons. The van der Waals surface area contributed by atoms with Gasteiger partial charge in [0.2, 0.25) is 0 Å². The zero-order valence-corrected chi connectivity index (χ0v) is 13.0. The van der Waals surface area contributed by atoms with Crippen molar-refractivity contribution >= 4 is 11.3 Å². The Hall–Kier alpha value is -1.52. The van der Waals surface area contributed by atoms with E-state index in [-0.39, 0.29) is 6.04 Å². The van der Waals surface area contributed by atoms with Crippen LogP contribution in [-0.4, -0.2) is 20.3 Å². The second-order valence-corrected chi connectivity index (χ2v) is 5.29. The number of benzene rings is 1. The van der Waals surface area contributed by atoms with Crippen molar-refractivity contribution < 1.29 is 9.47 Å². The van der Waals surface area contributed by atoms with Crippen molar-refractivity contribution in [2.75, 3.05) is 20.3 Å². The van der Waals surface area contributed by atoms with E-state index in [0.717, 1.165) is 18.0 Å². The SMILES string of the molecule is CCNC(c1cc(OC)cs1)c1ccccc1OCC. The van der Waals surface area contributed by atoms with Crippen LogP contribution in [0.1, 0.15) is 30.3 Å². The molecule has 0 spiro atoms. The number of thiophene rings is 1. The summed E-state index contributed by atoms with van der Waals surface area (Å²) in [5.74, 6) is 1.84. The predicted molar refractivity (Wildman–Crippen MR) is 84.0 cm³/mol. The van der Waals surface area contributed by atoms with E-state index in [4.69, 9.17) is 9.47 Å². The molecule has 1 unspecified atom stereocenters. The van der Waals surface area contributed by atoms with Crippen LogP contribution in [0.5, 0.6) is 11.5 Å². The Morgan fingerprint density at radius 1 is 1.25 bits per heavy atom. The van der Waals surface area contributed by atoms with Gasteiger partial charge >= 0.3 is 0 Å². The number of rotatable bonds is 7. The molecule has 1 heterocycles. The van der Waals surface area contributed by atoms with Gasteiger partial charge in [0.25, 0.3) is 0 Å². The molecule has 3 nitrogen and oxygen atoms in total. The van der Waals surface area contributed by atoms with Crippen molar-refractivity contribution in [3.05, 3.63) is 46.2 Å². The third-order valence-corrected chi connectivity index (χ3v) is 4.03. The first-order chi connectivity index (χ1) is 9.80. The fourth-order valence-corrected chi connectivity index (χ4v) is 3.11. The van der Waals surface area contributed by atoms with Crippen molar-refractivity contribution in [1.29, 1.82) is 0 Å². The van der Waals surface area contributed by atoms with Gasteiger partial charge in [0.1, 0.15) is 11.5 Å². The van der Waals surface area contributed by atoms with Gasteiger partial charge in [0, 0.05) is 15.8 Å². The zero-order valence-electron chi connectivity index (χ0n) is 12.2. The highest BCUT2D eigenvalue weighted by atomic mass is 32.1. The number of nitrogens with one attached hydrogen (secondary N) is 1. The van der Waals surface area contributed by atoms with Crippen molar-refractivity contribution in [3.63, 3.8) is 0 Å². The minimum absolute atomic E-state index is 0.136. The van der Waals surface area contributed by atoms with Crippen molar-refractivity contribution in [1.82, 2.24) is 5.32 Å². The lowest BCUT2D eigenvalue weighted by Gasteiger charge is -2.20. The van der Waals surface area contributed by atoms with E-state index in [0.29, 0.717) is 6.61 Å². The van der Waals surface area contributed by atoms with Crippen LogP contribution >= 0.6 is 11.3 Å². The Labute approximate surface area is 124 Å². The molecule has 4 heteroatoms. The summed E-state index contributed by atoms with van der Waals surface area (Å²) in [7, 11) is 1.70. The van der Waals surface area contributed by atoms with E-state index in [9.17, 15) is 0 Å². The zero-order chi connectivity index (χ0) is 14.4. The molecule has 2 aromatic rings. The number of hydrogen-bond acceptors (Lipinski definition) is 4. The predicted octanol–water partition coefficient (Wildman–Crippen LogP) is 3.85. The average Bonchev–Trinajstić information content (AvgIpc) is 2.95. The smallest absolute Gasteiger partial charge is 0.129 e. The van der Waals surface area contributed by atoms with Crippen LogP contribution in [0.2, 0.25) is 0 Å². The average molecular weight is 291 g/mol. The molecule has 0 fully saturated rings. The maximum Gasteiger partial charge on any atom is 0.129 e. The summed E-state index contributed by atoms with van der Waals surface area (Å²) in [6, 6.07) is 10.4. The van der Waals surface area contributed by atoms with Crippen LogP contribution in [0.4, 0.5) is 0 Å². The van der Waals surface area contributed by atoms with Gasteiger partial charge in [-0.3, -0.25) is 0 Å². The molecule has 0 aliphatic carbocycles. The summed E-state index contributed by atoms with van der Waals surface area (Å²) in [4.78, 5) is 1.23. The molecule has 1 aromatic carbocycles. The van der Waals surface area contributed by atoms with Gasteiger partial charge in [-0.15, -0.1) is 11.3 Å². The fourth-order valence-electron chi connectivity index (χ4n) is 2.17. The van der Waals surface area contributed by atoms with E-state index >= 15 is 0 Å². The van der Waals surface area contributed by atoms with E-state index in [2.05, 4.69) is 24.4 Å². The number of para-hydroxylation sites is 1. The van der Waals surface area contributed by atoms with Crippen molar-refractivity contribution in [2.24, 2.45) is 0 Å². The van der Waals surface area contributed by atoms with Gasteiger partial charge < -0.3 is 14.8 Å². The van der Waals surface area contributed by atoms with E-state index in [1.165, 1.54) is 10.4 Å². The monoisotopic (exact) mass is 291 g/mol. The maximum atomic E-state index is 5.75. The lowest BCUT2D eigenvalue weighted by molar-refractivity contribution is 0.334. The molecule has 0 amide bonds. The second-order valence-electron chi connectivity index (χ2n) is 4.35. The second kappa shape index (κ2) is 7.31. The fraction of sp³-hybridized carbons (Fsp3) is 0.375. The Kier molecular flexibility index (Phi) is 5.44. The molecule has 0 saturated carbocycles. The van der Waals surface area contributed by atoms with Crippen LogP contribution < -0.4 is 14.8 Å². The highest BCUT2D eigenvalue weighted by molar-refractivity contribution is 7.10. The standard InChI is InChI=1S/C16H21NO2S/c1-4-17-16(15-10-12(18-3)11-20-15)13-8-6-7-9-14(13)19-5-2/h6-11,16-17H,4-5H2,1-3H3. The lowest BCUT2D eigenvalue weighted by atomic mass is 10.0. The lowest BCUT2D eigenvalue weighted by Crippen LogP contribution is -2.21. The first kappa shape index (κ1) is 14.9. The van der Waals surface area contributed by atoms with E-state index in [1.54, 1.807) is 18.4 Å². The summed E-state index contributed by atoms with van der Waals surface area (Å²) < 4.78 is 11.0. The van der Waals surface area contributed by atoms with Crippen LogP contribution in [-0.2, 0) is 0 Å². The summed E-state index contributed by atoms with van der Waals surface area (Å²) >= 11 is 1.70. The van der Waals surface area contributed by atoms with E-state index in [1.807, 2.05) is 30.5 Å². The molecule has 1 aromatic heterocycles. The number of hydrogen-bond donors (Lipinski definition) is 1. The summed E-state index contributed by atoms with van der Waals surface area (Å²) in [6.07, 6.45) is 0. The summed E-state index contributed by atoms with van der Waals surface area (Å²) in [6.45, 7) is 5.68. The molecule has 2 rings (SSSR count). The van der Waals surface area contributed by atoms with Gasteiger partial charge in [0.05, 0.1) is 19.8 Å². The Morgan fingerprint density at radius 2 is 2.05 bits per heavy atom. The van der Waals surface area contributed by atoms with Crippen molar-refractivity contribution in [3.8, 4) is 11.5 Å². The molecular weight excluding hydrogens is 270 g/mol. The van der Waals surface area contributed by atoms with Gasteiger partial charge in [-0.2, -0.15) is 0 Å². The Morgan fingerprint density at radius 3 is 2.70 bits per heavy atom. The molecule has 108 valence electrons. The van der Waals surface area contributed by atoms with Gasteiger partial charge in [0.15, 0.2) is 0 Å². The molecule has 20 heavy (non-hydrogen) atoms. The number of methoxy groups -OCH3 is 1. The molecule has 0 bridgehead atoms. The molecular formula is C16H21NO2S. The third-order valence-electron chi connectivity index (χ3n) is 3.05. The largest absolute Gasteiger partial charge is 0.496 e. The van der Waals surface area contributed by atoms with Crippen molar-refractivity contribution in [2.45, 2.75) is 19.9 Å². The maximum absolute atomic E-state index is 5.75. The normalized spacial score (nSPS) is 12.2. The first-order valence-corrected chi connectivity index (χ1v) is 7.75. The highest BCUT2D eigenvalue weighted by Gasteiger charge is 2.19. The molecule has 0 saturated heterocycles. The molecule has 0 aliphatic rings. The van der Waals surface area contributed by atoms with Crippen LogP contribution in [0.25, 0.3) is 0 Å². The molecule has 1 atom stereocenters. The summed E-state index contributed by atoms with van der Waals surface area (Å²) in [5, 5.41) is 5.56. The topological polar surface area (TPSA) is 30.5 Å². The number of ether oxygens (including phenoxy) is 2. The minimum atomic E-state index is 0.136. The quantitative estimate of drug-likeness (QED) is 0.840. The van der Waals surface area contributed by atoms with Crippen LogP contribution in [0.3, 0.4) is 0 Å². The Bertz CT molecular complexity index is 539. The minimum Gasteiger partial charge on any atom is -0.496 e. The third kappa shape index (κ3) is 3.32. The van der Waals surface area contributed by atoms with Crippen LogP contribution in [0, 0.1) is 0 Å². The first-order valence-electron chi connectivity index (χ1n) is 6.87. The molecule has 0 aliphatic heterocycles. The van der Waals surface area contributed by atoms with E-state index < -0.39 is 0 Å². The van der Waals surface area contributed by atoms with Crippen LogP contribution in [0.15, 0.2) is 35.7 Å². The molecule has 1 N–H and O–H groups in total. The highest BCUT2D eigenvalue weighted by Crippen LogP contribution is 2.35. The van der Waals surface area contributed by atoms with Gasteiger partial charge in [-0.25, -0.2) is 0 Å². The van der Waals surface area contributed by atoms with Gasteiger partial charge in [-0.05, 0) is 25.6 Å².